The van der Waals surface area contributed by atoms with Crippen molar-refractivity contribution in [2.75, 3.05) is 12.3 Å². The van der Waals surface area contributed by atoms with E-state index in [4.69, 9.17) is 5.11 Å². The zero-order valence-corrected chi connectivity index (χ0v) is 25.5. The van der Waals surface area contributed by atoms with Crippen LogP contribution in [-0.2, 0) is 16.3 Å². The summed E-state index contributed by atoms with van der Waals surface area (Å²) < 4.78 is 63.3. The van der Waals surface area contributed by atoms with Crippen LogP contribution in [0.4, 0.5) is 13.2 Å². The van der Waals surface area contributed by atoms with Gasteiger partial charge in [0.25, 0.3) is 0 Å². The maximum Gasteiger partial charge on any atom is 0.407 e. The van der Waals surface area contributed by atoms with Gasteiger partial charge < -0.3 is 10.4 Å². The summed E-state index contributed by atoms with van der Waals surface area (Å²) in [6, 6.07) is 4.33. The van der Waals surface area contributed by atoms with Crippen LogP contribution in [-0.4, -0.2) is 47.9 Å². The Morgan fingerprint density at radius 2 is 1.61 bits per heavy atom. The van der Waals surface area contributed by atoms with E-state index in [1.54, 1.807) is 19.9 Å². The molecule has 2 rings (SSSR count). The molecule has 2 heterocycles. The number of carboxylic acid groups (broad SMARTS) is 1. The SMILES string of the molecule is CCCCCCCCCCN[C@@H](c1cccnc1)C(F)(F)F.CCCc1ccc(S(=O)(=O)CC(C)C)nc1C(=O)O. The molecule has 2 aromatic heterocycles. The summed E-state index contributed by atoms with van der Waals surface area (Å²) in [5.74, 6) is -1.26. The highest BCUT2D eigenvalue weighted by atomic mass is 32.2. The standard InChI is InChI=1S/C17H27F3N2.C13H19NO4S/c1-2-3-4-5-6-7-8-9-13-22-16(17(18,19)20)15-11-10-12-21-14-15;1-4-5-10-6-7-11(14-12(10)13(15)16)19(17,18)8-9(2)3/h10-12,14,16,22H,2-9,13H2,1H3;6-7,9H,4-5,8H2,1-3H3,(H,15,16)/t16-;/m0./s1. The lowest BCUT2D eigenvalue weighted by Crippen LogP contribution is -2.34. The molecule has 0 fully saturated rings. The average molecular weight is 602 g/mol. The van der Waals surface area contributed by atoms with Crippen LogP contribution in [0.5, 0.6) is 0 Å². The molecule has 0 saturated carbocycles. The van der Waals surface area contributed by atoms with Gasteiger partial charge in [-0.2, -0.15) is 13.2 Å². The molecule has 7 nitrogen and oxygen atoms in total. The molecular weight excluding hydrogens is 555 g/mol. The molecule has 0 saturated heterocycles. The van der Waals surface area contributed by atoms with Crippen LogP contribution in [0.3, 0.4) is 0 Å². The summed E-state index contributed by atoms with van der Waals surface area (Å²) >= 11 is 0. The quantitative estimate of drug-likeness (QED) is 0.180. The van der Waals surface area contributed by atoms with Gasteiger partial charge in [0.05, 0.1) is 5.75 Å². The van der Waals surface area contributed by atoms with Crippen molar-refractivity contribution in [3.8, 4) is 0 Å². The van der Waals surface area contributed by atoms with Crippen molar-refractivity contribution in [1.82, 2.24) is 15.3 Å². The molecule has 41 heavy (non-hydrogen) atoms. The van der Waals surface area contributed by atoms with Gasteiger partial charge in [-0.25, -0.2) is 18.2 Å². The third-order valence-electron chi connectivity index (χ3n) is 6.27. The van der Waals surface area contributed by atoms with Crippen LogP contribution in [0.25, 0.3) is 0 Å². The number of halogens is 3. The number of aromatic carboxylic acids is 1. The minimum atomic E-state index is -4.29. The van der Waals surface area contributed by atoms with Crippen molar-refractivity contribution in [2.45, 2.75) is 109 Å². The second-order valence-corrected chi connectivity index (χ2v) is 12.6. The maximum atomic E-state index is 13.1. The number of carbonyl (C=O) groups is 1. The maximum absolute atomic E-state index is 13.1. The van der Waals surface area contributed by atoms with E-state index in [9.17, 15) is 26.4 Å². The Hall–Kier alpha value is -2.53. The Labute approximate surface area is 243 Å². The summed E-state index contributed by atoms with van der Waals surface area (Å²) in [4.78, 5) is 18.7. The molecule has 2 N–H and O–H groups in total. The van der Waals surface area contributed by atoms with E-state index in [1.807, 2.05) is 6.92 Å². The molecule has 0 aliphatic rings. The van der Waals surface area contributed by atoms with Crippen molar-refractivity contribution in [3.05, 3.63) is 53.5 Å². The zero-order chi connectivity index (χ0) is 30.9. The van der Waals surface area contributed by atoms with Gasteiger partial charge in [0, 0.05) is 12.4 Å². The fourth-order valence-corrected chi connectivity index (χ4v) is 5.85. The molecule has 11 heteroatoms. The van der Waals surface area contributed by atoms with Gasteiger partial charge >= 0.3 is 12.1 Å². The molecule has 0 unspecified atom stereocenters. The van der Waals surface area contributed by atoms with Crippen LogP contribution < -0.4 is 5.32 Å². The highest BCUT2D eigenvalue weighted by Gasteiger charge is 2.40. The number of sulfone groups is 1. The first kappa shape index (κ1) is 36.5. The second kappa shape index (κ2) is 18.8. The van der Waals surface area contributed by atoms with E-state index in [2.05, 4.69) is 22.2 Å². The van der Waals surface area contributed by atoms with Gasteiger partial charge in [0.2, 0.25) is 0 Å². The van der Waals surface area contributed by atoms with Gasteiger partial charge in [-0.1, -0.05) is 91.2 Å². The Kier molecular flexibility index (Phi) is 16.7. The topological polar surface area (TPSA) is 109 Å². The molecule has 1 atom stereocenters. The molecule has 0 aromatic carbocycles. The predicted molar refractivity (Wildman–Crippen MR) is 156 cm³/mol. The van der Waals surface area contributed by atoms with Crippen molar-refractivity contribution in [3.63, 3.8) is 0 Å². The Bertz CT molecular complexity index is 1130. The number of aryl methyl sites for hydroxylation is 1. The first-order valence-electron chi connectivity index (χ1n) is 14.5. The number of rotatable bonds is 17. The fourth-order valence-electron chi connectivity index (χ4n) is 4.30. The minimum absolute atomic E-state index is 0.0320. The number of alkyl halides is 3. The van der Waals surface area contributed by atoms with Gasteiger partial charge in [-0.3, -0.25) is 4.98 Å². The predicted octanol–water partition coefficient (Wildman–Crippen LogP) is 7.58. The Balaban J connectivity index is 0.000000414. The first-order chi connectivity index (χ1) is 19.3. The molecule has 0 aliphatic carbocycles. The summed E-state index contributed by atoms with van der Waals surface area (Å²) in [7, 11) is -3.52. The lowest BCUT2D eigenvalue weighted by atomic mass is 10.1. The van der Waals surface area contributed by atoms with E-state index < -0.39 is 28.0 Å². The Morgan fingerprint density at radius 1 is 0.976 bits per heavy atom. The Morgan fingerprint density at radius 3 is 2.12 bits per heavy atom. The second-order valence-electron chi connectivity index (χ2n) is 10.6. The van der Waals surface area contributed by atoms with Crippen LogP contribution in [0.1, 0.15) is 113 Å². The molecule has 2 aromatic rings. The van der Waals surface area contributed by atoms with Gasteiger partial charge in [-0.15, -0.1) is 0 Å². The van der Waals surface area contributed by atoms with Gasteiger partial charge in [0.1, 0.15) is 6.04 Å². The number of aromatic nitrogens is 2. The largest absolute Gasteiger partial charge is 0.477 e. The molecule has 0 radical (unpaired) electrons. The van der Waals surface area contributed by atoms with Crippen molar-refractivity contribution in [1.29, 1.82) is 0 Å². The molecule has 0 amide bonds. The van der Waals surface area contributed by atoms with Gasteiger partial charge in [0.15, 0.2) is 20.6 Å². The minimum Gasteiger partial charge on any atom is -0.477 e. The zero-order valence-electron chi connectivity index (χ0n) is 24.7. The molecule has 0 bridgehead atoms. The molecule has 232 valence electrons. The number of carboxylic acids is 1. The number of nitrogens with one attached hydrogen (secondary N) is 1. The lowest BCUT2D eigenvalue weighted by molar-refractivity contribution is -0.157. The normalized spacial score (nSPS) is 12.6. The smallest absolute Gasteiger partial charge is 0.407 e. The van der Waals surface area contributed by atoms with E-state index in [-0.39, 0.29) is 28.0 Å². The van der Waals surface area contributed by atoms with E-state index in [0.717, 1.165) is 25.7 Å². The number of nitrogens with zero attached hydrogens (tertiary/aromatic N) is 2. The summed E-state index contributed by atoms with van der Waals surface area (Å²) in [5.41, 5.74) is 0.583. The number of unbranched alkanes of at least 4 members (excludes halogenated alkanes) is 7. The van der Waals surface area contributed by atoms with E-state index in [1.165, 1.54) is 62.7 Å². The number of hydrogen-bond acceptors (Lipinski definition) is 6. The van der Waals surface area contributed by atoms with Crippen molar-refractivity contribution >= 4 is 15.8 Å². The van der Waals surface area contributed by atoms with Crippen molar-refractivity contribution < 1.29 is 31.5 Å². The van der Waals surface area contributed by atoms with Crippen LogP contribution in [0.2, 0.25) is 0 Å². The van der Waals surface area contributed by atoms with Crippen LogP contribution in [0.15, 0.2) is 41.7 Å². The third-order valence-corrected chi connectivity index (χ3v) is 8.24. The summed E-state index contributed by atoms with van der Waals surface area (Å²) in [5, 5.41) is 11.6. The summed E-state index contributed by atoms with van der Waals surface area (Å²) in [6.07, 6.45) is 8.89. The summed E-state index contributed by atoms with van der Waals surface area (Å²) in [6.45, 7) is 8.08. The molecule has 0 aliphatic heterocycles. The average Bonchev–Trinajstić information content (AvgIpc) is 2.89. The number of pyridine rings is 2. The van der Waals surface area contributed by atoms with Crippen LogP contribution in [0, 0.1) is 5.92 Å². The molecular formula is C30H46F3N3O4S. The lowest BCUT2D eigenvalue weighted by Gasteiger charge is -2.21. The third kappa shape index (κ3) is 14.3. The number of hydrogen-bond donors (Lipinski definition) is 2. The highest BCUT2D eigenvalue weighted by molar-refractivity contribution is 7.91. The highest BCUT2D eigenvalue weighted by Crippen LogP contribution is 2.32. The first-order valence-corrected chi connectivity index (χ1v) is 16.1. The fraction of sp³-hybridized carbons (Fsp3) is 0.633. The monoisotopic (exact) mass is 601 g/mol. The molecule has 0 spiro atoms. The van der Waals surface area contributed by atoms with Gasteiger partial charge in [-0.05, 0) is 48.6 Å². The van der Waals surface area contributed by atoms with E-state index in [0.29, 0.717) is 18.5 Å². The van der Waals surface area contributed by atoms with Crippen LogP contribution >= 0.6 is 0 Å². The van der Waals surface area contributed by atoms with Crippen molar-refractivity contribution in [2.24, 2.45) is 5.92 Å². The van der Waals surface area contributed by atoms with E-state index >= 15 is 0 Å².